The first kappa shape index (κ1) is 21.6. The molecule has 0 bridgehead atoms. The van der Waals surface area contributed by atoms with Gasteiger partial charge in [-0.15, -0.1) is 21.5 Å². The number of nitrogens with zero attached hydrogens (tertiary/aromatic N) is 4. The maximum atomic E-state index is 5.90. The SMILES string of the molecule is Cc1cccc(-c2nc(CSc3nnc(COc4ccc(C(C)C)cc4)n3C)cs2)c1. The minimum Gasteiger partial charge on any atom is -0.486 e. The molecule has 4 rings (SSSR count). The number of aromatic nitrogens is 4. The molecule has 0 aliphatic rings. The van der Waals surface area contributed by atoms with Crippen LogP contribution in [0.5, 0.6) is 5.75 Å². The maximum absolute atomic E-state index is 5.90. The highest BCUT2D eigenvalue weighted by atomic mass is 32.2. The van der Waals surface area contributed by atoms with Crippen LogP contribution in [-0.2, 0) is 19.4 Å². The fraction of sp³-hybridized carbons (Fsp3) is 0.292. The van der Waals surface area contributed by atoms with E-state index in [1.807, 2.05) is 23.7 Å². The van der Waals surface area contributed by atoms with Crippen LogP contribution < -0.4 is 4.74 Å². The molecule has 0 N–H and O–H groups in total. The lowest BCUT2D eigenvalue weighted by molar-refractivity contribution is 0.290. The van der Waals surface area contributed by atoms with Crippen molar-refractivity contribution in [1.29, 1.82) is 0 Å². The van der Waals surface area contributed by atoms with Crippen molar-refractivity contribution < 1.29 is 4.74 Å². The molecular weight excluding hydrogens is 424 g/mol. The highest BCUT2D eigenvalue weighted by molar-refractivity contribution is 7.98. The Morgan fingerprint density at radius 3 is 2.65 bits per heavy atom. The Bertz CT molecular complexity index is 1150. The van der Waals surface area contributed by atoms with Gasteiger partial charge in [0.2, 0.25) is 0 Å². The first-order valence-corrected chi connectivity index (χ1v) is 12.1. The molecule has 0 aliphatic carbocycles. The minimum absolute atomic E-state index is 0.388. The zero-order valence-electron chi connectivity index (χ0n) is 18.2. The minimum atomic E-state index is 0.388. The Morgan fingerprint density at radius 2 is 1.90 bits per heavy atom. The highest BCUT2D eigenvalue weighted by Crippen LogP contribution is 2.28. The first-order valence-electron chi connectivity index (χ1n) is 10.2. The third-order valence-corrected chi connectivity index (χ3v) is 7.00. The van der Waals surface area contributed by atoms with Crippen LogP contribution in [0.1, 0.15) is 42.4 Å². The zero-order valence-corrected chi connectivity index (χ0v) is 19.8. The van der Waals surface area contributed by atoms with Crippen molar-refractivity contribution in [2.75, 3.05) is 0 Å². The van der Waals surface area contributed by atoms with Crippen LogP contribution in [0.4, 0.5) is 0 Å². The van der Waals surface area contributed by atoms with E-state index in [4.69, 9.17) is 9.72 Å². The van der Waals surface area contributed by atoms with Crippen LogP contribution in [0.25, 0.3) is 10.6 Å². The van der Waals surface area contributed by atoms with Gasteiger partial charge in [-0.2, -0.15) is 0 Å². The summed E-state index contributed by atoms with van der Waals surface area (Å²) < 4.78 is 7.89. The number of aryl methyl sites for hydroxylation is 1. The first-order chi connectivity index (χ1) is 15.0. The van der Waals surface area contributed by atoms with Gasteiger partial charge in [-0.1, -0.05) is 61.5 Å². The van der Waals surface area contributed by atoms with Crippen molar-refractivity contribution >= 4 is 23.1 Å². The van der Waals surface area contributed by atoms with Gasteiger partial charge in [-0.25, -0.2) is 4.98 Å². The van der Waals surface area contributed by atoms with E-state index in [1.54, 1.807) is 23.1 Å². The Kier molecular flexibility index (Phi) is 6.73. The van der Waals surface area contributed by atoms with Crippen LogP contribution in [0.2, 0.25) is 0 Å². The second-order valence-corrected chi connectivity index (χ2v) is 9.57. The maximum Gasteiger partial charge on any atom is 0.191 e. The van der Waals surface area contributed by atoms with Gasteiger partial charge >= 0.3 is 0 Å². The lowest BCUT2D eigenvalue weighted by Gasteiger charge is -2.09. The fourth-order valence-electron chi connectivity index (χ4n) is 3.12. The smallest absolute Gasteiger partial charge is 0.191 e. The van der Waals surface area contributed by atoms with Crippen LogP contribution in [0.15, 0.2) is 59.1 Å². The number of rotatable bonds is 8. The van der Waals surface area contributed by atoms with E-state index in [0.717, 1.165) is 33.2 Å². The summed E-state index contributed by atoms with van der Waals surface area (Å²) in [5, 5.41) is 12.7. The van der Waals surface area contributed by atoms with Crippen molar-refractivity contribution in [3.8, 4) is 16.3 Å². The molecule has 2 aromatic carbocycles. The van der Waals surface area contributed by atoms with Gasteiger partial charge in [-0.05, 0) is 36.6 Å². The van der Waals surface area contributed by atoms with Gasteiger partial charge in [0.05, 0.1) is 5.69 Å². The normalized spacial score (nSPS) is 11.3. The molecule has 0 fully saturated rings. The van der Waals surface area contributed by atoms with Crippen molar-refractivity contribution in [2.45, 2.75) is 44.2 Å². The molecule has 0 unspecified atom stereocenters. The summed E-state index contributed by atoms with van der Waals surface area (Å²) in [6.45, 7) is 6.86. The lowest BCUT2D eigenvalue weighted by Crippen LogP contribution is -2.04. The van der Waals surface area contributed by atoms with Crippen molar-refractivity contribution in [1.82, 2.24) is 19.7 Å². The van der Waals surface area contributed by atoms with Gasteiger partial charge in [0.1, 0.15) is 17.4 Å². The summed E-state index contributed by atoms with van der Waals surface area (Å²) in [7, 11) is 1.97. The van der Waals surface area contributed by atoms with E-state index < -0.39 is 0 Å². The Morgan fingerprint density at radius 1 is 1.10 bits per heavy atom. The second kappa shape index (κ2) is 9.66. The average Bonchev–Trinajstić information content (AvgIpc) is 3.38. The van der Waals surface area contributed by atoms with E-state index in [0.29, 0.717) is 12.5 Å². The third kappa shape index (κ3) is 5.35. The van der Waals surface area contributed by atoms with Gasteiger partial charge in [0, 0.05) is 23.7 Å². The molecule has 5 nitrogen and oxygen atoms in total. The van der Waals surface area contributed by atoms with Gasteiger partial charge < -0.3 is 9.30 Å². The molecular formula is C24H26N4OS2. The van der Waals surface area contributed by atoms with E-state index in [-0.39, 0.29) is 0 Å². The lowest BCUT2D eigenvalue weighted by atomic mass is 10.0. The molecule has 0 radical (unpaired) electrons. The molecule has 0 amide bonds. The number of hydrogen-bond acceptors (Lipinski definition) is 6. The molecule has 0 saturated heterocycles. The molecule has 0 saturated carbocycles. The van der Waals surface area contributed by atoms with Gasteiger partial charge in [-0.3, -0.25) is 0 Å². The van der Waals surface area contributed by atoms with E-state index >= 15 is 0 Å². The Hall–Kier alpha value is -2.64. The summed E-state index contributed by atoms with van der Waals surface area (Å²) in [6, 6.07) is 16.7. The molecule has 31 heavy (non-hydrogen) atoms. The monoisotopic (exact) mass is 450 g/mol. The summed E-state index contributed by atoms with van der Waals surface area (Å²) in [4.78, 5) is 4.78. The third-order valence-electron chi connectivity index (χ3n) is 5.01. The molecule has 2 aromatic heterocycles. The highest BCUT2D eigenvalue weighted by Gasteiger charge is 2.12. The van der Waals surface area contributed by atoms with E-state index in [9.17, 15) is 0 Å². The Labute approximate surface area is 191 Å². The quantitative estimate of drug-likeness (QED) is 0.297. The topological polar surface area (TPSA) is 52.8 Å². The Balaban J connectivity index is 1.34. The predicted molar refractivity (Wildman–Crippen MR) is 128 cm³/mol. The van der Waals surface area contributed by atoms with Crippen molar-refractivity contribution in [3.05, 3.63) is 76.6 Å². The summed E-state index contributed by atoms with van der Waals surface area (Å²) in [5.74, 6) is 2.91. The standard InChI is InChI=1S/C24H26N4OS2/c1-16(2)18-8-10-21(11-9-18)29-13-22-26-27-24(28(22)4)31-15-20-14-30-23(25-20)19-7-5-6-17(3)12-19/h5-12,14,16H,13,15H2,1-4H3. The average molecular weight is 451 g/mol. The number of hydrogen-bond donors (Lipinski definition) is 0. The fourth-order valence-corrected chi connectivity index (χ4v) is 4.86. The predicted octanol–water partition coefficient (Wildman–Crippen LogP) is 6.24. The number of benzene rings is 2. The van der Waals surface area contributed by atoms with Gasteiger partial charge in [0.15, 0.2) is 11.0 Å². The summed E-state index contributed by atoms with van der Waals surface area (Å²) in [5.41, 5.74) is 4.77. The summed E-state index contributed by atoms with van der Waals surface area (Å²) in [6.07, 6.45) is 0. The van der Waals surface area contributed by atoms with Crippen molar-refractivity contribution in [3.63, 3.8) is 0 Å². The molecule has 2 heterocycles. The van der Waals surface area contributed by atoms with Crippen molar-refractivity contribution in [2.24, 2.45) is 7.05 Å². The molecule has 160 valence electrons. The molecule has 4 aromatic rings. The summed E-state index contributed by atoms with van der Waals surface area (Å²) >= 11 is 3.31. The largest absolute Gasteiger partial charge is 0.486 e. The van der Waals surface area contributed by atoms with Crippen LogP contribution >= 0.6 is 23.1 Å². The number of ether oxygens (including phenoxy) is 1. The number of thiazole rings is 1. The van der Waals surface area contributed by atoms with Crippen LogP contribution in [0, 0.1) is 6.92 Å². The molecule has 0 atom stereocenters. The molecule has 7 heteroatoms. The van der Waals surface area contributed by atoms with E-state index in [2.05, 4.69) is 72.7 Å². The van der Waals surface area contributed by atoms with E-state index in [1.165, 1.54) is 16.7 Å². The number of thioether (sulfide) groups is 1. The van der Waals surface area contributed by atoms with Gasteiger partial charge in [0.25, 0.3) is 0 Å². The second-order valence-electron chi connectivity index (χ2n) is 7.77. The zero-order chi connectivity index (χ0) is 21.8. The molecule has 0 spiro atoms. The van der Waals surface area contributed by atoms with Crippen LogP contribution in [-0.4, -0.2) is 19.7 Å². The molecule has 0 aliphatic heterocycles. The van der Waals surface area contributed by atoms with Crippen LogP contribution in [0.3, 0.4) is 0 Å².